The lowest BCUT2D eigenvalue weighted by Crippen LogP contribution is -2.37. The van der Waals surface area contributed by atoms with Gasteiger partial charge in [0.15, 0.2) is 5.16 Å². The lowest BCUT2D eigenvalue weighted by atomic mass is 9.96. The van der Waals surface area contributed by atoms with Gasteiger partial charge in [-0.15, -0.1) is 0 Å². The molecule has 5 nitrogen and oxygen atoms in total. The highest BCUT2D eigenvalue weighted by Gasteiger charge is 2.23. The molecule has 23 heavy (non-hydrogen) atoms. The van der Waals surface area contributed by atoms with E-state index in [9.17, 15) is 9.59 Å². The molecule has 6 heteroatoms. The molecule has 0 fully saturated rings. The Balaban J connectivity index is 1.87. The molecule has 1 aromatic carbocycles. The van der Waals surface area contributed by atoms with Gasteiger partial charge in [0.05, 0.1) is 6.04 Å². The fourth-order valence-electron chi connectivity index (χ4n) is 2.69. The Morgan fingerprint density at radius 2 is 2.04 bits per heavy atom. The molecule has 1 amide bonds. The van der Waals surface area contributed by atoms with Gasteiger partial charge in [-0.2, -0.15) is 0 Å². The van der Waals surface area contributed by atoms with Gasteiger partial charge < -0.3 is 5.32 Å². The summed E-state index contributed by atoms with van der Waals surface area (Å²) < 4.78 is 1.58. The summed E-state index contributed by atoms with van der Waals surface area (Å²) in [7, 11) is 0. The number of amides is 1. The van der Waals surface area contributed by atoms with E-state index in [-0.39, 0.29) is 29.0 Å². The van der Waals surface area contributed by atoms with Gasteiger partial charge in [0.25, 0.3) is 11.5 Å². The van der Waals surface area contributed by atoms with Crippen molar-refractivity contribution >= 4 is 17.7 Å². The van der Waals surface area contributed by atoms with Crippen molar-refractivity contribution in [2.45, 2.75) is 31.6 Å². The third-order valence-electron chi connectivity index (χ3n) is 3.91. The van der Waals surface area contributed by atoms with Crippen LogP contribution < -0.4 is 10.9 Å². The van der Waals surface area contributed by atoms with Crippen LogP contribution in [-0.2, 0) is 6.54 Å². The number of fused-ring (bicyclic) bond motifs is 1. The zero-order valence-corrected chi connectivity index (χ0v) is 14.0. The van der Waals surface area contributed by atoms with Crippen LogP contribution >= 0.6 is 11.8 Å². The van der Waals surface area contributed by atoms with Crippen LogP contribution in [0, 0.1) is 5.92 Å². The number of carbonyl (C=O) groups excluding carboxylic acids is 1. The lowest BCUT2D eigenvalue weighted by Gasteiger charge is -2.22. The van der Waals surface area contributed by atoms with E-state index in [4.69, 9.17) is 0 Å². The maximum Gasteiger partial charge on any atom is 0.267 e. The first-order chi connectivity index (χ1) is 11.1. The molecule has 2 heterocycles. The normalized spacial score (nSPS) is 14.6. The number of thioether (sulfide) groups is 1. The van der Waals surface area contributed by atoms with E-state index in [1.54, 1.807) is 4.57 Å². The Hall–Kier alpha value is -2.08. The highest BCUT2D eigenvalue weighted by atomic mass is 32.2. The van der Waals surface area contributed by atoms with Crippen molar-refractivity contribution in [3.8, 4) is 0 Å². The molecule has 0 saturated carbocycles. The highest BCUT2D eigenvalue weighted by molar-refractivity contribution is 7.99. The zero-order valence-electron chi connectivity index (χ0n) is 13.2. The average molecular weight is 329 g/mol. The molecule has 1 N–H and O–H groups in total. The van der Waals surface area contributed by atoms with E-state index in [0.29, 0.717) is 11.7 Å². The quantitative estimate of drug-likeness (QED) is 0.875. The molecule has 1 aromatic heterocycles. The molecule has 0 radical (unpaired) electrons. The summed E-state index contributed by atoms with van der Waals surface area (Å²) in [6, 6.07) is 9.65. The Kier molecular flexibility index (Phi) is 4.52. The van der Waals surface area contributed by atoms with Gasteiger partial charge in [0, 0.05) is 18.5 Å². The Morgan fingerprint density at radius 1 is 1.30 bits per heavy atom. The van der Waals surface area contributed by atoms with E-state index in [0.717, 1.165) is 11.3 Å². The smallest absolute Gasteiger partial charge is 0.267 e. The van der Waals surface area contributed by atoms with Crippen molar-refractivity contribution < 1.29 is 4.79 Å². The summed E-state index contributed by atoms with van der Waals surface area (Å²) in [5.74, 6) is 0.672. The fourth-order valence-corrected chi connectivity index (χ4v) is 3.60. The number of hydrogen-bond acceptors (Lipinski definition) is 4. The maximum absolute atomic E-state index is 12.6. The monoisotopic (exact) mass is 329 g/mol. The molecule has 1 atom stereocenters. The number of aromatic nitrogens is 2. The molecular formula is C17H19N3O2S. The maximum atomic E-state index is 12.6. The number of nitrogens with zero attached hydrogens (tertiary/aromatic N) is 2. The first kappa shape index (κ1) is 15.8. The summed E-state index contributed by atoms with van der Waals surface area (Å²) >= 11 is 1.54. The third-order valence-corrected chi connectivity index (χ3v) is 4.88. The van der Waals surface area contributed by atoms with Crippen molar-refractivity contribution in [1.29, 1.82) is 0 Å². The molecule has 120 valence electrons. The minimum atomic E-state index is -0.364. The van der Waals surface area contributed by atoms with Crippen LogP contribution in [-0.4, -0.2) is 21.2 Å². The van der Waals surface area contributed by atoms with Gasteiger partial charge in [0.1, 0.15) is 5.56 Å². The van der Waals surface area contributed by atoms with Crippen LogP contribution in [0.3, 0.4) is 0 Å². The number of nitrogens with one attached hydrogen (secondary N) is 1. The number of hydrogen-bond donors (Lipinski definition) is 1. The largest absolute Gasteiger partial charge is 0.345 e. The standard InChI is InChI=1S/C17H19N3O2S/c1-11(2)14(12-6-4-3-5-7-12)19-15(21)13-10-18-17-20(16(13)22)8-9-23-17/h3-7,10-11,14H,8-9H2,1-2H3,(H,19,21). The summed E-state index contributed by atoms with van der Waals surface area (Å²) in [6.07, 6.45) is 1.39. The Bertz CT molecular complexity index is 771. The second-order valence-electron chi connectivity index (χ2n) is 5.87. The molecule has 1 aliphatic rings. The zero-order chi connectivity index (χ0) is 16.4. The molecular weight excluding hydrogens is 310 g/mol. The van der Waals surface area contributed by atoms with E-state index >= 15 is 0 Å². The molecule has 0 bridgehead atoms. The van der Waals surface area contributed by atoms with Gasteiger partial charge in [-0.3, -0.25) is 14.2 Å². The van der Waals surface area contributed by atoms with E-state index < -0.39 is 0 Å². The van der Waals surface area contributed by atoms with E-state index in [1.807, 2.05) is 44.2 Å². The summed E-state index contributed by atoms with van der Waals surface area (Å²) in [5.41, 5.74) is 0.881. The van der Waals surface area contributed by atoms with Gasteiger partial charge in [-0.1, -0.05) is 55.9 Å². The number of benzene rings is 1. The van der Waals surface area contributed by atoms with Crippen molar-refractivity contribution in [2.24, 2.45) is 5.92 Å². The first-order valence-corrected chi connectivity index (χ1v) is 8.65. The van der Waals surface area contributed by atoms with Crippen molar-refractivity contribution in [2.75, 3.05) is 5.75 Å². The van der Waals surface area contributed by atoms with Crippen molar-refractivity contribution in [1.82, 2.24) is 14.9 Å². The van der Waals surface area contributed by atoms with Crippen LogP contribution in [0.2, 0.25) is 0 Å². The third kappa shape index (κ3) is 3.17. The number of carbonyl (C=O) groups is 1. The topological polar surface area (TPSA) is 64.0 Å². The van der Waals surface area contributed by atoms with Crippen LogP contribution in [0.5, 0.6) is 0 Å². The summed E-state index contributed by atoms with van der Waals surface area (Å²) in [6.45, 7) is 4.70. The Labute approximate surface area is 139 Å². The van der Waals surface area contributed by atoms with Gasteiger partial charge >= 0.3 is 0 Å². The van der Waals surface area contributed by atoms with Crippen LogP contribution in [0.25, 0.3) is 0 Å². The van der Waals surface area contributed by atoms with Gasteiger partial charge in [-0.25, -0.2) is 4.98 Å². The fraction of sp³-hybridized carbons (Fsp3) is 0.353. The summed E-state index contributed by atoms with van der Waals surface area (Å²) in [5, 5.41) is 3.67. The SMILES string of the molecule is CC(C)C(NC(=O)c1cnc2n(c1=O)CCS2)c1ccccc1. The van der Waals surface area contributed by atoms with Gasteiger partial charge in [0.2, 0.25) is 0 Å². The van der Waals surface area contributed by atoms with Crippen LogP contribution in [0.1, 0.15) is 35.8 Å². The molecule has 0 saturated heterocycles. The molecule has 0 aliphatic carbocycles. The molecule has 0 spiro atoms. The predicted molar refractivity (Wildman–Crippen MR) is 90.7 cm³/mol. The van der Waals surface area contributed by atoms with Crippen molar-refractivity contribution in [3.63, 3.8) is 0 Å². The minimum Gasteiger partial charge on any atom is -0.345 e. The Morgan fingerprint density at radius 3 is 2.74 bits per heavy atom. The molecule has 2 aromatic rings. The first-order valence-electron chi connectivity index (χ1n) is 7.66. The predicted octanol–water partition coefficient (Wildman–Crippen LogP) is 2.48. The molecule has 1 unspecified atom stereocenters. The number of rotatable bonds is 4. The molecule has 3 rings (SSSR count). The van der Waals surface area contributed by atoms with Crippen LogP contribution in [0.15, 0.2) is 46.5 Å². The average Bonchev–Trinajstić information content (AvgIpc) is 3.03. The van der Waals surface area contributed by atoms with Crippen molar-refractivity contribution in [3.05, 3.63) is 58.0 Å². The second-order valence-corrected chi connectivity index (χ2v) is 6.93. The highest BCUT2D eigenvalue weighted by Crippen LogP contribution is 2.23. The minimum absolute atomic E-state index is 0.109. The van der Waals surface area contributed by atoms with E-state index in [1.165, 1.54) is 18.0 Å². The van der Waals surface area contributed by atoms with E-state index in [2.05, 4.69) is 10.3 Å². The lowest BCUT2D eigenvalue weighted by molar-refractivity contribution is 0.0922. The molecule has 1 aliphatic heterocycles. The summed E-state index contributed by atoms with van der Waals surface area (Å²) in [4.78, 5) is 29.3. The van der Waals surface area contributed by atoms with Crippen LogP contribution in [0.4, 0.5) is 0 Å². The second kappa shape index (κ2) is 6.58. The van der Waals surface area contributed by atoms with Gasteiger partial charge in [-0.05, 0) is 11.5 Å².